The van der Waals surface area contributed by atoms with Gasteiger partial charge in [-0.3, -0.25) is 10.1 Å². The molecule has 1 fully saturated rings. The summed E-state index contributed by atoms with van der Waals surface area (Å²) < 4.78 is 0. The largest absolute Gasteiger partial charge is 0.288 e. The summed E-state index contributed by atoms with van der Waals surface area (Å²) in [5, 5.41) is 11.2. The first-order chi connectivity index (χ1) is 12.1. The minimum Gasteiger partial charge on any atom is -0.258 e. The van der Waals surface area contributed by atoms with Gasteiger partial charge in [-0.15, -0.1) is 0 Å². The Morgan fingerprint density at radius 3 is 2.32 bits per heavy atom. The number of hydrogen-bond donors (Lipinski definition) is 0. The van der Waals surface area contributed by atoms with Gasteiger partial charge in [0.05, 0.1) is 4.92 Å². The second-order valence-electron chi connectivity index (χ2n) is 5.83. The molecule has 124 valence electrons. The molecule has 0 unspecified atom stereocenters. The zero-order valence-corrected chi connectivity index (χ0v) is 13.7. The van der Waals surface area contributed by atoms with Crippen LogP contribution in [0, 0.1) is 10.1 Å². The lowest BCUT2D eigenvalue weighted by Gasteiger charge is -2.03. The van der Waals surface area contributed by atoms with Gasteiger partial charge in [0.25, 0.3) is 5.69 Å². The predicted molar refractivity (Wildman–Crippen MR) is 91.3 cm³/mol. The van der Waals surface area contributed by atoms with Gasteiger partial charge in [0.1, 0.15) is 5.02 Å². The molecule has 0 aliphatic heterocycles. The van der Waals surface area contributed by atoms with Crippen LogP contribution < -0.4 is 0 Å². The van der Waals surface area contributed by atoms with Crippen molar-refractivity contribution in [2.45, 2.75) is 18.3 Å². The van der Waals surface area contributed by atoms with Gasteiger partial charge in [-0.2, -0.15) is 0 Å². The number of hydrogen-bond acceptors (Lipinski definition) is 6. The predicted octanol–water partition coefficient (Wildman–Crippen LogP) is 3.77. The number of halogens is 1. The third kappa shape index (κ3) is 3.06. The van der Waals surface area contributed by atoms with Crippen LogP contribution in [0.4, 0.5) is 5.69 Å². The number of nitro benzene ring substituents is 1. The summed E-state index contributed by atoms with van der Waals surface area (Å²) in [4.78, 5) is 27.5. The molecule has 0 saturated heterocycles. The Morgan fingerprint density at radius 2 is 1.64 bits per heavy atom. The maximum absolute atomic E-state index is 11.0. The van der Waals surface area contributed by atoms with Crippen molar-refractivity contribution in [3.05, 3.63) is 75.3 Å². The second kappa shape index (κ2) is 6.18. The quantitative estimate of drug-likeness (QED) is 0.523. The van der Waals surface area contributed by atoms with Crippen molar-refractivity contribution in [1.29, 1.82) is 0 Å². The molecule has 2 heterocycles. The van der Waals surface area contributed by atoms with E-state index in [9.17, 15) is 10.1 Å². The summed E-state index contributed by atoms with van der Waals surface area (Å²) in [6.45, 7) is 0. The first kappa shape index (κ1) is 15.6. The fourth-order valence-electron chi connectivity index (χ4n) is 2.89. The van der Waals surface area contributed by atoms with Gasteiger partial charge in [-0.1, -0.05) is 17.7 Å². The normalized spacial score (nSPS) is 18.8. The maximum atomic E-state index is 11.0. The van der Waals surface area contributed by atoms with Crippen molar-refractivity contribution in [3.63, 3.8) is 0 Å². The number of nitrogens with zero attached hydrogens (tertiary/aromatic N) is 5. The van der Waals surface area contributed by atoms with Crippen molar-refractivity contribution in [2.75, 3.05) is 0 Å². The molecule has 2 aromatic heterocycles. The monoisotopic (exact) mass is 353 g/mol. The fourth-order valence-corrected chi connectivity index (χ4v) is 3.08. The van der Waals surface area contributed by atoms with Crippen LogP contribution in [-0.4, -0.2) is 24.9 Å². The summed E-state index contributed by atoms with van der Waals surface area (Å²) in [5.41, 5.74) is 1.86. The molecule has 1 aromatic carbocycles. The van der Waals surface area contributed by atoms with Crippen LogP contribution in [0.3, 0.4) is 0 Å². The Balaban J connectivity index is 1.54. The van der Waals surface area contributed by atoms with Crippen LogP contribution in [0.25, 0.3) is 11.6 Å². The van der Waals surface area contributed by atoms with Gasteiger partial charge in [0.2, 0.25) is 0 Å². The third-order valence-electron chi connectivity index (χ3n) is 4.25. The molecule has 0 bridgehead atoms. The molecule has 1 aliphatic rings. The molecule has 7 nitrogen and oxygen atoms in total. The van der Waals surface area contributed by atoms with E-state index in [0.717, 1.165) is 17.5 Å². The Hall–Kier alpha value is -2.93. The van der Waals surface area contributed by atoms with Crippen molar-refractivity contribution < 1.29 is 4.92 Å². The van der Waals surface area contributed by atoms with Gasteiger partial charge in [0.15, 0.2) is 11.6 Å². The zero-order chi connectivity index (χ0) is 17.4. The topological polar surface area (TPSA) is 94.7 Å². The molecule has 0 N–H and O–H groups in total. The first-order valence-electron chi connectivity index (χ1n) is 7.66. The van der Waals surface area contributed by atoms with Gasteiger partial charge < -0.3 is 0 Å². The van der Waals surface area contributed by atoms with Crippen LogP contribution in [0.5, 0.6) is 0 Å². The lowest BCUT2D eigenvalue weighted by molar-refractivity contribution is -0.384. The van der Waals surface area contributed by atoms with E-state index < -0.39 is 4.92 Å². The molecule has 3 aromatic rings. The molecule has 1 aliphatic carbocycles. The number of nitro groups is 1. The van der Waals surface area contributed by atoms with Gasteiger partial charge in [-0.05, 0) is 41.5 Å². The SMILES string of the molecule is O=[N+]([O-])c1cc([C@@H]2C[C@H]2c2cnc(-c3ncccn3)nc2)ccc1Cl. The van der Waals surface area contributed by atoms with Crippen LogP contribution >= 0.6 is 11.6 Å². The van der Waals surface area contributed by atoms with Crippen molar-refractivity contribution in [1.82, 2.24) is 19.9 Å². The summed E-state index contributed by atoms with van der Waals surface area (Å²) in [7, 11) is 0. The molecular weight excluding hydrogens is 342 g/mol. The second-order valence-corrected chi connectivity index (χ2v) is 6.24. The highest BCUT2D eigenvalue weighted by molar-refractivity contribution is 6.32. The van der Waals surface area contributed by atoms with E-state index in [1.165, 1.54) is 0 Å². The van der Waals surface area contributed by atoms with Crippen molar-refractivity contribution >= 4 is 17.3 Å². The minimum absolute atomic E-state index is 0.0577. The van der Waals surface area contributed by atoms with Crippen molar-refractivity contribution in [2.24, 2.45) is 0 Å². The molecule has 0 radical (unpaired) electrons. The third-order valence-corrected chi connectivity index (χ3v) is 4.57. The maximum Gasteiger partial charge on any atom is 0.288 e. The number of rotatable bonds is 4. The first-order valence-corrected chi connectivity index (χ1v) is 8.04. The van der Waals surface area contributed by atoms with Gasteiger partial charge in [-0.25, -0.2) is 19.9 Å². The molecule has 4 rings (SSSR count). The van der Waals surface area contributed by atoms with Crippen LogP contribution in [-0.2, 0) is 0 Å². The Bertz CT molecular complexity index is 934. The zero-order valence-electron chi connectivity index (χ0n) is 12.9. The van der Waals surface area contributed by atoms with Crippen molar-refractivity contribution in [3.8, 4) is 11.6 Å². The Kier molecular flexibility index (Phi) is 3.85. The summed E-state index contributed by atoms with van der Waals surface area (Å²) in [5.74, 6) is 1.43. The average molecular weight is 354 g/mol. The molecule has 25 heavy (non-hydrogen) atoms. The summed E-state index contributed by atoms with van der Waals surface area (Å²) >= 11 is 5.87. The average Bonchev–Trinajstić information content (AvgIpc) is 3.43. The molecule has 1 saturated carbocycles. The summed E-state index contributed by atoms with van der Waals surface area (Å²) in [6, 6.07) is 6.71. The molecule has 0 spiro atoms. The van der Waals surface area contributed by atoms with Gasteiger partial charge >= 0.3 is 0 Å². The van der Waals surface area contributed by atoms with E-state index in [1.807, 2.05) is 6.07 Å². The Morgan fingerprint density at radius 1 is 1.00 bits per heavy atom. The van der Waals surface area contributed by atoms with E-state index in [1.54, 1.807) is 43.0 Å². The van der Waals surface area contributed by atoms with Crippen LogP contribution in [0.2, 0.25) is 5.02 Å². The van der Waals surface area contributed by atoms with E-state index in [2.05, 4.69) is 19.9 Å². The molecular formula is C17H12ClN5O2. The van der Waals surface area contributed by atoms with Crippen LogP contribution in [0.1, 0.15) is 29.4 Å². The van der Waals surface area contributed by atoms with Crippen LogP contribution in [0.15, 0.2) is 49.1 Å². The number of aromatic nitrogens is 4. The lowest BCUT2D eigenvalue weighted by atomic mass is 10.1. The smallest absolute Gasteiger partial charge is 0.258 e. The van der Waals surface area contributed by atoms with E-state index in [4.69, 9.17) is 11.6 Å². The summed E-state index contributed by atoms with van der Waals surface area (Å²) in [6.07, 6.45) is 7.73. The van der Waals surface area contributed by atoms with E-state index in [0.29, 0.717) is 11.6 Å². The van der Waals surface area contributed by atoms with E-state index >= 15 is 0 Å². The van der Waals surface area contributed by atoms with Gasteiger partial charge in [0, 0.05) is 30.9 Å². The Labute approximate surface area is 147 Å². The van der Waals surface area contributed by atoms with E-state index in [-0.39, 0.29) is 22.5 Å². The number of benzene rings is 1. The highest BCUT2D eigenvalue weighted by Crippen LogP contribution is 2.55. The highest BCUT2D eigenvalue weighted by Gasteiger charge is 2.40. The molecule has 2 atom stereocenters. The fraction of sp³-hybridized carbons (Fsp3) is 0.176. The standard InChI is InChI=1S/C17H12ClN5O2/c18-14-3-2-10(6-15(14)23(24)25)12-7-13(12)11-8-21-17(22-9-11)16-19-4-1-5-20-16/h1-6,8-9,12-13H,7H2/t12-,13-/m0/s1. The minimum atomic E-state index is -0.457. The molecule has 0 amide bonds. The highest BCUT2D eigenvalue weighted by atomic mass is 35.5. The molecule has 8 heteroatoms. The lowest BCUT2D eigenvalue weighted by Crippen LogP contribution is -1.96.